The molecule has 3 unspecified atom stereocenters. The molecule has 1 aromatic rings. The molecule has 0 N–H and O–H groups in total. The number of imide groups is 1. The normalized spacial score (nSPS) is 28.3. The lowest BCUT2D eigenvalue weighted by Crippen LogP contribution is -2.46. The lowest BCUT2D eigenvalue weighted by atomic mass is 9.85. The summed E-state index contributed by atoms with van der Waals surface area (Å²) in [7, 11) is 0. The Labute approximate surface area is 156 Å². The van der Waals surface area contributed by atoms with Crippen LogP contribution in [0.15, 0.2) is 23.8 Å². The van der Waals surface area contributed by atoms with Gasteiger partial charge in [0.15, 0.2) is 0 Å². The third kappa shape index (κ3) is 3.02. The number of anilines is 1. The number of carbonyl (C=O) groups is 2. The van der Waals surface area contributed by atoms with Gasteiger partial charge in [-0.05, 0) is 50.5 Å². The van der Waals surface area contributed by atoms with Crippen LogP contribution >= 0.6 is 11.6 Å². The summed E-state index contributed by atoms with van der Waals surface area (Å²) in [5.41, 5.74) is 0.519. The van der Waals surface area contributed by atoms with Crippen molar-refractivity contribution >= 4 is 29.1 Å². The molecule has 1 saturated carbocycles. The van der Waals surface area contributed by atoms with Crippen molar-refractivity contribution in [2.24, 2.45) is 11.8 Å². The highest BCUT2D eigenvalue weighted by Gasteiger charge is 2.39. The van der Waals surface area contributed by atoms with Crippen LogP contribution in [0.5, 0.6) is 5.75 Å². The fourth-order valence-electron chi connectivity index (χ4n) is 4.15. The molecule has 1 fully saturated rings. The third-order valence-electron chi connectivity index (χ3n) is 5.56. The monoisotopic (exact) mass is 377 g/mol. The lowest BCUT2D eigenvalue weighted by Gasteiger charge is -2.33. The van der Waals surface area contributed by atoms with Crippen molar-refractivity contribution in [1.82, 2.24) is 0 Å². The molecule has 1 heterocycles. The average molecular weight is 378 g/mol. The van der Waals surface area contributed by atoms with Crippen molar-refractivity contribution in [1.29, 1.82) is 0 Å². The molecule has 3 aliphatic rings. The number of nitrogens with zero attached hydrogens (tertiary/aromatic N) is 1. The van der Waals surface area contributed by atoms with Crippen molar-refractivity contribution in [3.05, 3.63) is 34.6 Å². The second kappa shape index (κ2) is 6.69. The Bertz CT molecular complexity index is 806. The molecular weight excluding hydrogens is 357 g/mol. The predicted molar refractivity (Wildman–Crippen MR) is 96.8 cm³/mol. The number of hydrogen-bond acceptors (Lipinski definition) is 3. The summed E-state index contributed by atoms with van der Waals surface area (Å²) in [6.07, 6.45) is 6.78. The first-order valence-corrected chi connectivity index (χ1v) is 9.56. The Kier molecular flexibility index (Phi) is 4.51. The molecule has 26 heavy (non-hydrogen) atoms. The Morgan fingerprint density at radius 3 is 2.77 bits per heavy atom. The van der Waals surface area contributed by atoms with E-state index in [0.29, 0.717) is 30.1 Å². The van der Waals surface area contributed by atoms with Gasteiger partial charge in [0.25, 0.3) is 5.91 Å². The van der Waals surface area contributed by atoms with E-state index in [1.807, 2.05) is 0 Å². The van der Waals surface area contributed by atoms with Crippen molar-refractivity contribution in [3.8, 4) is 5.75 Å². The van der Waals surface area contributed by atoms with Gasteiger partial charge in [0.05, 0.1) is 22.7 Å². The van der Waals surface area contributed by atoms with Crippen LogP contribution in [0.1, 0.15) is 45.4 Å². The van der Waals surface area contributed by atoms with Crippen molar-refractivity contribution in [2.75, 3.05) is 4.90 Å². The standard InChI is InChI=1S/C20H21ClFNO3/c1-11-5-6-14(7-11)26-18-10-17(16(22)9-15(18)21)23-19(24)12-3-2-4-13(8-12)20(23)25/h8-12,14H,2-7H2,1H3. The Morgan fingerprint density at radius 1 is 1.23 bits per heavy atom. The molecular formula is C20H21ClFNO3. The summed E-state index contributed by atoms with van der Waals surface area (Å²) in [4.78, 5) is 26.3. The van der Waals surface area contributed by atoms with Gasteiger partial charge in [-0.15, -0.1) is 0 Å². The van der Waals surface area contributed by atoms with Crippen molar-refractivity contribution < 1.29 is 18.7 Å². The van der Waals surface area contributed by atoms with E-state index < -0.39 is 11.7 Å². The highest BCUT2D eigenvalue weighted by Crippen LogP contribution is 2.39. The lowest BCUT2D eigenvalue weighted by molar-refractivity contribution is -0.128. The zero-order valence-corrected chi connectivity index (χ0v) is 15.4. The molecule has 0 spiro atoms. The van der Waals surface area contributed by atoms with E-state index in [4.69, 9.17) is 16.3 Å². The third-order valence-corrected chi connectivity index (χ3v) is 5.86. The van der Waals surface area contributed by atoms with Crippen molar-refractivity contribution in [2.45, 2.75) is 51.6 Å². The number of rotatable bonds is 3. The SMILES string of the molecule is CC1CCC(Oc2cc(N3C(=O)C4=CC(CCC4)C3=O)c(F)cc2Cl)C1. The van der Waals surface area contributed by atoms with E-state index >= 15 is 0 Å². The van der Waals surface area contributed by atoms with Gasteiger partial charge in [-0.2, -0.15) is 0 Å². The maximum Gasteiger partial charge on any atom is 0.260 e. The van der Waals surface area contributed by atoms with E-state index in [-0.39, 0.29) is 28.6 Å². The molecule has 4 nitrogen and oxygen atoms in total. The summed E-state index contributed by atoms with van der Waals surface area (Å²) in [6.45, 7) is 2.17. The Hall–Kier alpha value is -1.88. The Morgan fingerprint density at radius 2 is 2.04 bits per heavy atom. The molecule has 2 bridgehead atoms. The average Bonchev–Trinajstić information content (AvgIpc) is 3.02. The van der Waals surface area contributed by atoms with Crippen LogP contribution in [0.4, 0.5) is 10.1 Å². The van der Waals surface area contributed by atoms with Gasteiger partial charge in [-0.1, -0.05) is 24.6 Å². The van der Waals surface area contributed by atoms with Gasteiger partial charge in [0.2, 0.25) is 5.91 Å². The molecule has 0 radical (unpaired) electrons. The van der Waals surface area contributed by atoms with E-state index in [2.05, 4.69) is 6.92 Å². The fourth-order valence-corrected chi connectivity index (χ4v) is 4.35. The molecule has 2 amide bonds. The first-order chi connectivity index (χ1) is 12.4. The van der Waals surface area contributed by atoms with Crippen LogP contribution in [0.3, 0.4) is 0 Å². The highest BCUT2D eigenvalue weighted by molar-refractivity contribution is 6.32. The number of ether oxygens (including phenoxy) is 1. The highest BCUT2D eigenvalue weighted by atomic mass is 35.5. The summed E-state index contributed by atoms with van der Waals surface area (Å²) < 4.78 is 20.6. The second-order valence-corrected chi connectivity index (χ2v) is 7.97. The number of amides is 2. The molecule has 138 valence electrons. The molecule has 0 aromatic heterocycles. The van der Waals surface area contributed by atoms with Gasteiger partial charge in [0, 0.05) is 11.6 Å². The van der Waals surface area contributed by atoms with Crippen LogP contribution in [0, 0.1) is 17.7 Å². The zero-order chi connectivity index (χ0) is 18.4. The van der Waals surface area contributed by atoms with E-state index in [9.17, 15) is 14.0 Å². The summed E-state index contributed by atoms with van der Waals surface area (Å²) >= 11 is 6.16. The van der Waals surface area contributed by atoms with Crippen molar-refractivity contribution in [3.63, 3.8) is 0 Å². The first-order valence-electron chi connectivity index (χ1n) is 9.18. The van der Waals surface area contributed by atoms with Crippen LogP contribution in [0.25, 0.3) is 0 Å². The predicted octanol–water partition coefficient (Wildman–Crippen LogP) is 4.65. The first kappa shape index (κ1) is 17.5. The molecule has 1 aromatic carbocycles. The second-order valence-electron chi connectivity index (χ2n) is 7.56. The molecule has 6 heteroatoms. The molecule has 3 atom stereocenters. The maximum atomic E-state index is 14.6. The summed E-state index contributed by atoms with van der Waals surface area (Å²) in [6, 6.07) is 2.53. The topological polar surface area (TPSA) is 46.6 Å². The van der Waals surface area contributed by atoms with E-state index in [1.165, 1.54) is 6.07 Å². The zero-order valence-electron chi connectivity index (χ0n) is 14.6. The maximum absolute atomic E-state index is 14.6. The molecule has 2 aliphatic carbocycles. The minimum Gasteiger partial charge on any atom is -0.489 e. The quantitative estimate of drug-likeness (QED) is 0.720. The van der Waals surface area contributed by atoms with Gasteiger partial charge in [-0.25, -0.2) is 9.29 Å². The number of benzene rings is 1. The van der Waals surface area contributed by atoms with Crippen LogP contribution in [-0.2, 0) is 9.59 Å². The largest absolute Gasteiger partial charge is 0.489 e. The molecule has 4 rings (SSSR count). The minimum absolute atomic E-state index is 0.0238. The number of hydrogen-bond donors (Lipinski definition) is 0. The van der Waals surface area contributed by atoms with Gasteiger partial charge < -0.3 is 4.74 Å². The smallest absolute Gasteiger partial charge is 0.260 e. The minimum atomic E-state index is -0.690. The molecule has 1 aliphatic heterocycles. The number of carbonyl (C=O) groups excluding carboxylic acids is 2. The van der Waals surface area contributed by atoms with Gasteiger partial charge in [-0.3, -0.25) is 9.59 Å². The summed E-state index contributed by atoms with van der Waals surface area (Å²) in [5.74, 6) is -0.952. The Balaban J connectivity index is 1.68. The van der Waals surface area contributed by atoms with E-state index in [0.717, 1.165) is 36.6 Å². The van der Waals surface area contributed by atoms with Gasteiger partial charge in [0.1, 0.15) is 11.6 Å². The fraction of sp³-hybridized carbons (Fsp3) is 0.500. The number of fused-ring (bicyclic) bond motifs is 1. The summed E-state index contributed by atoms with van der Waals surface area (Å²) in [5, 5.41) is 0.155. The number of halogens is 2. The van der Waals surface area contributed by atoms with Crippen LogP contribution < -0.4 is 9.64 Å². The van der Waals surface area contributed by atoms with Crippen LogP contribution in [-0.4, -0.2) is 17.9 Å². The van der Waals surface area contributed by atoms with Gasteiger partial charge >= 0.3 is 0 Å². The van der Waals surface area contributed by atoms with Crippen LogP contribution in [0.2, 0.25) is 5.02 Å². The van der Waals surface area contributed by atoms with E-state index in [1.54, 1.807) is 6.08 Å². The molecule has 0 saturated heterocycles.